The summed E-state index contributed by atoms with van der Waals surface area (Å²) in [6.07, 6.45) is 1.91. The number of ether oxygens (including phenoxy) is 1. The summed E-state index contributed by atoms with van der Waals surface area (Å²) in [5, 5.41) is 3.19. The van der Waals surface area contributed by atoms with E-state index in [2.05, 4.69) is 28.5 Å². The van der Waals surface area contributed by atoms with E-state index in [9.17, 15) is 4.79 Å². The monoisotopic (exact) mass is 397 g/mol. The molecule has 0 saturated carbocycles. The third kappa shape index (κ3) is 3.92. The highest BCUT2D eigenvalue weighted by Crippen LogP contribution is 2.26. The van der Waals surface area contributed by atoms with E-state index < -0.39 is 0 Å². The van der Waals surface area contributed by atoms with Crippen molar-refractivity contribution in [2.75, 3.05) is 6.61 Å². The second-order valence-corrected chi connectivity index (χ2v) is 7.67. The molecular weight excluding hydrogens is 374 g/mol. The van der Waals surface area contributed by atoms with Crippen molar-refractivity contribution in [3.63, 3.8) is 0 Å². The summed E-state index contributed by atoms with van der Waals surface area (Å²) >= 11 is 0. The number of H-pyrrole nitrogens is 1. The molecule has 2 heterocycles. The van der Waals surface area contributed by atoms with Gasteiger partial charge in [0.15, 0.2) is 0 Å². The summed E-state index contributed by atoms with van der Waals surface area (Å²) in [5.74, 6) is 1.64. The molecule has 5 heteroatoms. The Morgan fingerprint density at radius 2 is 1.87 bits per heavy atom. The molecule has 0 aliphatic carbocycles. The minimum absolute atomic E-state index is 0.0330. The summed E-state index contributed by atoms with van der Waals surface area (Å²) in [6, 6.07) is 23.9. The average Bonchev–Trinajstić information content (AvgIpc) is 3.40. The molecule has 1 atom stereocenters. The zero-order valence-electron chi connectivity index (χ0n) is 16.6. The fraction of sp³-hybridized carbons (Fsp3) is 0.200. The number of imidazole rings is 1. The van der Waals surface area contributed by atoms with Gasteiger partial charge in [0, 0.05) is 6.42 Å². The molecule has 0 radical (unpaired) electrons. The maximum atomic E-state index is 12.9. The largest absolute Gasteiger partial charge is 0.493 e. The number of aromatic amines is 1. The number of benzene rings is 3. The second-order valence-electron chi connectivity index (χ2n) is 7.67. The van der Waals surface area contributed by atoms with Crippen LogP contribution in [0.15, 0.2) is 72.8 Å². The number of fused-ring (bicyclic) bond motifs is 2. The van der Waals surface area contributed by atoms with Gasteiger partial charge in [-0.1, -0.05) is 54.6 Å². The van der Waals surface area contributed by atoms with Crippen LogP contribution in [-0.2, 0) is 24.1 Å². The standard InChI is InChI=1S/C25H23N3O2/c29-24(16-18-10-11-19-12-13-30-23(19)15-18)26-22(14-17-6-2-1-3-7-17)25-27-20-8-4-5-9-21(20)28-25/h1-11,15,22H,12-14,16H2,(H,26,29)(H,27,28)/t22-/m0/s1. The molecule has 1 aliphatic heterocycles. The Bertz CT molecular complexity index is 1150. The van der Waals surface area contributed by atoms with Crippen LogP contribution < -0.4 is 10.1 Å². The van der Waals surface area contributed by atoms with E-state index in [0.29, 0.717) is 12.8 Å². The Kier molecular flexibility index (Phi) is 4.93. The highest BCUT2D eigenvalue weighted by Gasteiger charge is 2.20. The predicted molar refractivity (Wildman–Crippen MR) is 116 cm³/mol. The maximum Gasteiger partial charge on any atom is 0.225 e. The first-order valence-electron chi connectivity index (χ1n) is 10.3. The van der Waals surface area contributed by atoms with E-state index >= 15 is 0 Å². The molecule has 5 nitrogen and oxygen atoms in total. The van der Waals surface area contributed by atoms with Crippen molar-refractivity contribution in [2.45, 2.75) is 25.3 Å². The lowest BCUT2D eigenvalue weighted by atomic mass is 10.0. The van der Waals surface area contributed by atoms with Crippen LogP contribution in [0.1, 0.15) is 28.6 Å². The van der Waals surface area contributed by atoms with Crippen molar-refractivity contribution in [1.29, 1.82) is 0 Å². The van der Waals surface area contributed by atoms with Crippen molar-refractivity contribution in [1.82, 2.24) is 15.3 Å². The summed E-state index contributed by atoms with van der Waals surface area (Å²) in [5.41, 5.74) is 5.18. The number of rotatable bonds is 6. The summed E-state index contributed by atoms with van der Waals surface area (Å²) in [4.78, 5) is 21.0. The number of carbonyl (C=O) groups excluding carboxylic acids is 1. The van der Waals surface area contributed by atoms with Crippen molar-refractivity contribution in [2.24, 2.45) is 0 Å². The van der Waals surface area contributed by atoms with Crippen molar-refractivity contribution in [3.8, 4) is 5.75 Å². The van der Waals surface area contributed by atoms with Gasteiger partial charge in [0.05, 0.1) is 30.1 Å². The summed E-state index contributed by atoms with van der Waals surface area (Å²) in [6.45, 7) is 0.718. The molecule has 30 heavy (non-hydrogen) atoms. The number of aromatic nitrogens is 2. The smallest absolute Gasteiger partial charge is 0.225 e. The first-order valence-corrected chi connectivity index (χ1v) is 10.3. The van der Waals surface area contributed by atoms with Gasteiger partial charge in [-0.15, -0.1) is 0 Å². The van der Waals surface area contributed by atoms with Gasteiger partial charge in [-0.3, -0.25) is 4.79 Å². The Hall–Kier alpha value is -3.60. The molecule has 1 amide bonds. The lowest BCUT2D eigenvalue weighted by molar-refractivity contribution is -0.121. The van der Waals surface area contributed by atoms with Crippen molar-refractivity contribution >= 4 is 16.9 Å². The normalized spacial score (nSPS) is 13.6. The van der Waals surface area contributed by atoms with Crippen molar-refractivity contribution in [3.05, 3.63) is 95.3 Å². The molecule has 150 valence electrons. The van der Waals surface area contributed by atoms with E-state index in [-0.39, 0.29) is 11.9 Å². The number of hydrogen-bond donors (Lipinski definition) is 2. The molecule has 0 bridgehead atoms. The fourth-order valence-electron chi connectivity index (χ4n) is 3.95. The van der Waals surface area contributed by atoms with Crippen LogP contribution in [-0.4, -0.2) is 22.5 Å². The molecule has 1 aromatic heterocycles. The van der Waals surface area contributed by atoms with Crippen LogP contribution in [0.3, 0.4) is 0 Å². The fourth-order valence-corrected chi connectivity index (χ4v) is 3.95. The molecule has 4 aromatic rings. The lowest BCUT2D eigenvalue weighted by Crippen LogP contribution is -2.32. The molecular formula is C25H23N3O2. The summed E-state index contributed by atoms with van der Waals surface area (Å²) in [7, 11) is 0. The van der Waals surface area contributed by atoms with E-state index in [1.54, 1.807) is 0 Å². The topological polar surface area (TPSA) is 67.0 Å². The van der Waals surface area contributed by atoms with Crippen LogP contribution in [0.25, 0.3) is 11.0 Å². The quantitative estimate of drug-likeness (QED) is 0.514. The predicted octanol–water partition coefficient (Wildman–Crippen LogP) is 4.14. The molecule has 3 aromatic carbocycles. The minimum Gasteiger partial charge on any atom is -0.493 e. The van der Waals surface area contributed by atoms with Gasteiger partial charge in [0.1, 0.15) is 11.6 Å². The molecule has 2 N–H and O–H groups in total. The number of nitrogens with one attached hydrogen (secondary N) is 2. The Balaban J connectivity index is 1.37. The minimum atomic E-state index is -0.238. The highest BCUT2D eigenvalue weighted by atomic mass is 16.5. The van der Waals surface area contributed by atoms with Gasteiger partial charge in [-0.05, 0) is 41.3 Å². The van der Waals surface area contributed by atoms with Crippen LogP contribution in [0.2, 0.25) is 0 Å². The number of amides is 1. The van der Waals surface area contributed by atoms with E-state index in [1.807, 2.05) is 54.6 Å². The molecule has 0 unspecified atom stereocenters. The van der Waals surface area contributed by atoms with Gasteiger partial charge in [0.2, 0.25) is 5.91 Å². The van der Waals surface area contributed by atoms with E-state index in [1.165, 1.54) is 5.56 Å². The first-order chi connectivity index (χ1) is 14.7. The Labute approximate surface area is 175 Å². The molecule has 5 rings (SSSR count). The van der Waals surface area contributed by atoms with Crippen molar-refractivity contribution < 1.29 is 9.53 Å². The van der Waals surface area contributed by atoms with E-state index in [4.69, 9.17) is 9.72 Å². The third-order valence-corrected chi connectivity index (χ3v) is 5.48. The molecule has 0 fully saturated rings. The van der Waals surface area contributed by atoms with Gasteiger partial charge >= 0.3 is 0 Å². The van der Waals surface area contributed by atoms with Gasteiger partial charge in [-0.25, -0.2) is 4.98 Å². The van der Waals surface area contributed by atoms with Gasteiger partial charge < -0.3 is 15.0 Å². The molecule has 0 saturated heterocycles. The third-order valence-electron chi connectivity index (χ3n) is 5.48. The lowest BCUT2D eigenvalue weighted by Gasteiger charge is -2.17. The molecule has 0 spiro atoms. The SMILES string of the molecule is O=C(Cc1ccc2c(c1)OCC2)N[C@@H](Cc1ccccc1)c1nc2ccccc2[nH]1. The summed E-state index contributed by atoms with van der Waals surface area (Å²) < 4.78 is 5.64. The number of nitrogens with zero attached hydrogens (tertiary/aromatic N) is 1. The van der Waals surface area contributed by atoms with Gasteiger partial charge in [0.25, 0.3) is 0 Å². The van der Waals surface area contributed by atoms with Gasteiger partial charge in [-0.2, -0.15) is 0 Å². The Morgan fingerprint density at radius 3 is 2.73 bits per heavy atom. The Morgan fingerprint density at radius 1 is 1.03 bits per heavy atom. The van der Waals surface area contributed by atoms with E-state index in [0.717, 1.165) is 46.8 Å². The number of carbonyl (C=O) groups is 1. The van der Waals surface area contributed by atoms with Crippen LogP contribution in [0, 0.1) is 0 Å². The number of para-hydroxylation sites is 2. The van der Waals surface area contributed by atoms with Crippen LogP contribution in [0.5, 0.6) is 5.75 Å². The second kappa shape index (κ2) is 8.03. The number of hydrogen-bond acceptors (Lipinski definition) is 3. The zero-order chi connectivity index (χ0) is 20.3. The zero-order valence-corrected chi connectivity index (χ0v) is 16.6. The first kappa shape index (κ1) is 18.4. The average molecular weight is 397 g/mol. The highest BCUT2D eigenvalue weighted by molar-refractivity contribution is 5.80. The van der Waals surface area contributed by atoms with Crippen LogP contribution >= 0.6 is 0 Å². The maximum absolute atomic E-state index is 12.9. The van der Waals surface area contributed by atoms with Crippen LogP contribution in [0.4, 0.5) is 0 Å². The molecule has 1 aliphatic rings.